The summed E-state index contributed by atoms with van der Waals surface area (Å²) < 4.78 is 10.9. The summed E-state index contributed by atoms with van der Waals surface area (Å²) in [5, 5.41) is 3.11. The molecule has 1 saturated heterocycles. The fourth-order valence-electron chi connectivity index (χ4n) is 3.41. The Balaban J connectivity index is 2.00. The first-order valence-corrected chi connectivity index (χ1v) is 9.38. The van der Waals surface area contributed by atoms with Crippen LogP contribution in [0.4, 0.5) is 0 Å². The van der Waals surface area contributed by atoms with Gasteiger partial charge < -0.3 is 14.8 Å². The van der Waals surface area contributed by atoms with Crippen LogP contribution in [0.1, 0.15) is 44.0 Å². The van der Waals surface area contributed by atoms with Crippen molar-refractivity contribution in [3.8, 4) is 5.88 Å². The normalized spacial score (nSPS) is 16.6. The second-order valence-corrected chi connectivity index (χ2v) is 6.32. The summed E-state index contributed by atoms with van der Waals surface area (Å²) in [4.78, 5) is 19.1. The largest absolute Gasteiger partial charge is 0.478 e. The molecule has 1 atom stereocenters. The monoisotopic (exact) mass is 349 g/mol. The second-order valence-electron chi connectivity index (χ2n) is 6.32. The quantitative estimate of drug-likeness (QED) is 0.741. The van der Waals surface area contributed by atoms with Gasteiger partial charge in [-0.3, -0.25) is 9.69 Å². The SMILES string of the molecule is CCOc1cc(C(=O)NCC(C(CC)CC)N2CCOCC2)ccn1. The Morgan fingerprint density at radius 3 is 2.68 bits per heavy atom. The third-order valence-corrected chi connectivity index (χ3v) is 4.87. The lowest BCUT2D eigenvalue weighted by Gasteiger charge is -2.38. The summed E-state index contributed by atoms with van der Waals surface area (Å²) in [6.07, 6.45) is 3.83. The van der Waals surface area contributed by atoms with E-state index in [2.05, 4.69) is 29.0 Å². The molecular formula is C19H31N3O3. The third kappa shape index (κ3) is 5.68. The smallest absolute Gasteiger partial charge is 0.251 e. The van der Waals surface area contributed by atoms with E-state index < -0.39 is 0 Å². The van der Waals surface area contributed by atoms with Gasteiger partial charge in [0.05, 0.1) is 19.8 Å². The molecule has 140 valence electrons. The molecule has 0 radical (unpaired) electrons. The molecule has 1 aliphatic rings. The van der Waals surface area contributed by atoms with Crippen molar-refractivity contribution in [2.75, 3.05) is 39.5 Å². The minimum Gasteiger partial charge on any atom is -0.478 e. The van der Waals surface area contributed by atoms with Gasteiger partial charge in [0.1, 0.15) is 0 Å². The van der Waals surface area contributed by atoms with Crippen LogP contribution in [0.25, 0.3) is 0 Å². The van der Waals surface area contributed by atoms with Crippen molar-refractivity contribution in [3.63, 3.8) is 0 Å². The van der Waals surface area contributed by atoms with Gasteiger partial charge in [-0.05, 0) is 18.9 Å². The average molecular weight is 349 g/mol. The first-order chi connectivity index (χ1) is 12.2. The zero-order chi connectivity index (χ0) is 18.1. The number of nitrogens with one attached hydrogen (secondary N) is 1. The lowest BCUT2D eigenvalue weighted by Crippen LogP contribution is -2.52. The number of ether oxygens (including phenoxy) is 2. The number of rotatable bonds is 9. The summed E-state index contributed by atoms with van der Waals surface area (Å²) >= 11 is 0. The van der Waals surface area contributed by atoms with Crippen LogP contribution in [0.5, 0.6) is 5.88 Å². The van der Waals surface area contributed by atoms with E-state index in [9.17, 15) is 4.79 Å². The molecule has 2 rings (SSSR count). The van der Waals surface area contributed by atoms with Gasteiger partial charge in [0.15, 0.2) is 0 Å². The molecule has 0 spiro atoms. The Labute approximate surface area is 150 Å². The van der Waals surface area contributed by atoms with Crippen LogP contribution >= 0.6 is 0 Å². The molecule has 2 heterocycles. The van der Waals surface area contributed by atoms with E-state index in [1.807, 2.05) is 6.92 Å². The van der Waals surface area contributed by atoms with Gasteiger partial charge in [0, 0.05) is 43.5 Å². The maximum atomic E-state index is 12.5. The van der Waals surface area contributed by atoms with Crippen molar-refractivity contribution in [2.24, 2.45) is 5.92 Å². The van der Waals surface area contributed by atoms with Crippen molar-refractivity contribution in [2.45, 2.75) is 39.7 Å². The molecule has 1 aromatic heterocycles. The summed E-state index contributed by atoms with van der Waals surface area (Å²) in [5.74, 6) is 0.974. The van der Waals surface area contributed by atoms with Crippen LogP contribution in [0.15, 0.2) is 18.3 Å². The van der Waals surface area contributed by atoms with E-state index in [4.69, 9.17) is 9.47 Å². The number of amides is 1. The van der Waals surface area contributed by atoms with Gasteiger partial charge in [0.2, 0.25) is 5.88 Å². The molecule has 0 saturated carbocycles. The van der Waals surface area contributed by atoms with Crippen LogP contribution in [0.2, 0.25) is 0 Å². The lowest BCUT2D eigenvalue weighted by atomic mass is 9.92. The third-order valence-electron chi connectivity index (χ3n) is 4.87. The Kier molecular flexibility index (Phi) is 8.15. The van der Waals surface area contributed by atoms with Crippen molar-refractivity contribution in [3.05, 3.63) is 23.9 Å². The Morgan fingerprint density at radius 2 is 2.04 bits per heavy atom. The summed E-state index contributed by atoms with van der Waals surface area (Å²) in [7, 11) is 0. The number of nitrogens with zero attached hydrogens (tertiary/aromatic N) is 2. The number of aromatic nitrogens is 1. The van der Waals surface area contributed by atoms with E-state index in [1.54, 1.807) is 18.3 Å². The van der Waals surface area contributed by atoms with Crippen LogP contribution < -0.4 is 10.1 Å². The van der Waals surface area contributed by atoms with Crippen molar-refractivity contribution >= 4 is 5.91 Å². The number of morpholine rings is 1. The van der Waals surface area contributed by atoms with Gasteiger partial charge in [-0.1, -0.05) is 26.7 Å². The molecule has 1 aromatic rings. The van der Waals surface area contributed by atoms with Gasteiger partial charge in [-0.25, -0.2) is 4.98 Å². The molecule has 0 bridgehead atoms. The zero-order valence-electron chi connectivity index (χ0n) is 15.7. The maximum absolute atomic E-state index is 12.5. The molecule has 1 aliphatic heterocycles. The summed E-state index contributed by atoms with van der Waals surface area (Å²) in [5.41, 5.74) is 0.587. The molecule has 1 unspecified atom stereocenters. The molecule has 1 amide bonds. The van der Waals surface area contributed by atoms with E-state index in [0.717, 1.165) is 39.1 Å². The zero-order valence-corrected chi connectivity index (χ0v) is 15.7. The van der Waals surface area contributed by atoms with Crippen molar-refractivity contribution in [1.82, 2.24) is 15.2 Å². The molecule has 6 nitrogen and oxygen atoms in total. The van der Waals surface area contributed by atoms with Gasteiger partial charge >= 0.3 is 0 Å². The fraction of sp³-hybridized carbons (Fsp3) is 0.684. The van der Waals surface area contributed by atoms with E-state index >= 15 is 0 Å². The highest BCUT2D eigenvalue weighted by molar-refractivity contribution is 5.94. The summed E-state index contributed by atoms with van der Waals surface area (Å²) in [6.45, 7) is 10.9. The van der Waals surface area contributed by atoms with Gasteiger partial charge in [-0.15, -0.1) is 0 Å². The Bertz CT molecular complexity index is 528. The number of hydrogen-bond acceptors (Lipinski definition) is 5. The van der Waals surface area contributed by atoms with Crippen molar-refractivity contribution < 1.29 is 14.3 Å². The van der Waals surface area contributed by atoms with Crippen LogP contribution in [0, 0.1) is 5.92 Å². The Hall–Kier alpha value is -1.66. The maximum Gasteiger partial charge on any atom is 0.251 e. The van der Waals surface area contributed by atoms with Crippen molar-refractivity contribution in [1.29, 1.82) is 0 Å². The van der Waals surface area contributed by atoms with Crippen LogP contribution in [0.3, 0.4) is 0 Å². The molecule has 6 heteroatoms. The highest BCUT2D eigenvalue weighted by Gasteiger charge is 2.27. The predicted molar refractivity (Wildman–Crippen MR) is 98.0 cm³/mol. The molecule has 25 heavy (non-hydrogen) atoms. The standard InChI is InChI=1S/C19H31N3O3/c1-4-15(5-2)17(22-9-11-24-12-10-22)14-21-19(23)16-7-8-20-18(13-16)25-6-3/h7-8,13,15,17H,4-6,9-12,14H2,1-3H3,(H,21,23). The Morgan fingerprint density at radius 1 is 1.32 bits per heavy atom. The van der Waals surface area contributed by atoms with Crippen LogP contribution in [-0.4, -0.2) is 61.3 Å². The second kappa shape index (κ2) is 10.4. The van der Waals surface area contributed by atoms with Gasteiger partial charge in [-0.2, -0.15) is 0 Å². The van der Waals surface area contributed by atoms with E-state index in [1.165, 1.54) is 0 Å². The fourth-order valence-corrected chi connectivity index (χ4v) is 3.41. The first kappa shape index (κ1) is 19.7. The highest BCUT2D eigenvalue weighted by atomic mass is 16.5. The summed E-state index contributed by atoms with van der Waals surface area (Å²) in [6, 6.07) is 3.76. The number of pyridine rings is 1. The molecule has 1 N–H and O–H groups in total. The highest BCUT2D eigenvalue weighted by Crippen LogP contribution is 2.20. The first-order valence-electron chi connectivity index (χ1n) is 9.38. The van der Waals surface area contributed by atoms with Gasteiger partial charge in [0.25, 0.3) is 5.91 Å². The lowest BCUT2D eigenvalue weighted by molar-refractivity contribution is 0.00191. The van der Waals surface area contributed by atoms with E-state index in [0.29, 0.717) is 36.6 Å². The number of carbonyl (C=O) groups is 1. The van der Waals surface area contributed by atoms with Crippen LogP contribution in [-0.2, 0) is 4.74 Å². The average Bonchev–Trinajstić information content (AvgIpc) is 2.66. The molecule has 0 aliphatic carbocycles. The number of carbonyl (C=O) groups excluding carboxylic acids is 1. The minimum absolute atomic E-state index is 0.0763. The topological polar surface area (TPSA) is 63.7 Å². The molecule has 0 aromatic carbocycles. The minimum atomic E-state index is -0.0763. The number of hydrogen-bond donors (Lipinski definition) is 1. The predicted octanol–water partition coefficient (Wildman–Crippen LogP) is 2.35. The molecular weight excluding hydrogens is 318 g/mol. The molecule has 1 fully saturated rings. The van der Waals surface area contributed by atoms with E-state index in [-0.39, 0.29) is 5.91 Å².